The molecular formula is C15H18N4O2. The molecule has 0 aliphatic heterocycles. The summed E-state index contributed by atoms with van der Waals surface area (Å²) in [5.74, 6) is 0.947. The number of pyridine rings is 1. The molecule has 0 fully saturated rings. The van der Waals surface area contributed by atoms with Gasteiger partial charge in [0.1, 0.15) is 5.75 Å². The zero-order chi connectivity index (χ0) is 15.4. The van der Waals surface area contributed by atoms with Gasteiger partial charge in [-0.1, -0.05) is 0 Å². The summed E-state index contributed by atoms with van der Waals surface area (Å²) in [5, 5.41) is 2.82. The van der Waals surface area contributed by atoms with Crippen molar-refractivity contribution in [2.45, 2.75) is 0 Å². The van der Waals surface area contributed by atoms with Crippen molar-refractivity contribution in [1.29, 1.82) is 0 Å². The highest BCUT2D eigenvalue weighted by Gasteiger charge is 2.14. The number of methoxy groups -OCH3 is 1. The van der Waals surface area contributed by atoms with Gasteiger partial charge in [0.25, 0.3) is 5.91 Å². The number of rotatable bonds is 4. The third-order valence-electron chi connectivity index (χ3n) is 2.96. The standard InChI is InChI=1S/C15H18N4O2/c1-19(2)14-13(5-4-8-17-14)18-15(20)11-9-10(21-3)6-7-12(11)16/h4-9H,16H2,1-3H3,(H,18,20). The summed E-state index contributed by atoms with van der Waals surface area (Å²) in [6, 6.07) is 8.51. The number of nitrogens with zero attached hydrogens (tertiary/aromatic N) is 2. The summed E-state index contributed by atoms with van der Waals surface area (Å²) in [5.41, 5.74) is 7.23. The number of ether oxygens (including phenoxy) is 1. The summed E-state index contributed by atoms with van der Waals surface area (Å²) in [6.45, 7) is 0. The molecule has 21 heavy (non-hydrogen) atoms. The maximum atomic E-state index is 12.4. The molecule has 2 aromatic rings. The van der Waals surface area contributed by atoms with E-state index in [4.69, 9.17) is 10.5 Å². The Kier molecular flexibility index (Phi) is 4.27. The van der Waals surface area contributed by atoms with E-state index in [1.807, 2.05) is 19.0 Å². The van der Waals surface area contributed by atoms with Crippen LogP contribution in [0.4, 0.5) is 17.2 Å². The van der Waals surface area contributed by atoms with E-state index in [1.54, 1.807) is 43.6 Å². The molecule has 0 saturated heterocycles. The molecule has 1 amide bonds. The molecule has 0 radical (unpaired) electrons. The van der Waals surface area contributed by atoms with Gasteiger partial charge in [0.05, 0.1) is 18.4 Å². The average Bonchev–Trinajstić information content (AvgIpc) is 2.48. The number of hydrogen-bond acceptors (Lipinski definition) is 5. The van der Waals surface area contributed by atoms with E-state index >= 15 is 0 Å². The zero-order valence-corrected chi connectivity index (χ0v) is 12.3. The first-order chi connectivity index (χ1) is 10.0. The normalized spacial score (nSPS) is 10.0. The van der Waals surface area contributed by atoms with Crippen molar-refractivity contribution in [2.24, 2.45) is 0 Å². The van der Waals surface area contributed by atoms with Crippen LogP contribution in [0.5, 0.6) is 5.75 Å². The van der Waals surface area contributed by atoms with E-state index in [0.29, 0.717) is 28.5 Å². The number of nitrogens with two attached hydrogens (primary N) is 1. The van der Waals surface area contributed by atoms with Crippen LogP contribution in [0, 0.1) is 0 Å². The second kappa shape index (κ2) is 6.13. The first-order valence-electron chi connectivity index (χ1n) is 6.40. The largest absolute Gasteiger partial charge is 0.497 e. The van der Waals surface area contributed by atoms with Gasteiger partial charge >= 0.3 is 0 Å². The molecule has 6 nitrogen and oxygen atoms in total. The highest BCUT2D eigenvalue weighted by atomic mass is 16.5. The Bertz CT molecular complexity index is 656. The van der Waals surface area contributed by atoms with Crippen LogP contribution in [0.3, 0.4) is 0 Å². The van der Waals surface area contributed by atoms with Crippen molar-refractivity contribution in [3.05, 3.63) is 42.1 Å². The van der Waals surface area contributed by atoms with E-state index in [9.17, 15) is 4.79 Å². The predicted molar refractivity (Wildman–Crippen MR) is 83.9 cm³/mol. The van der Waals surface area contributed by atoms with Gasteiger partial charge in [0.15, 0.2) is 5.82 Å². The van der Waals surface area contributed by atoms with Gasteiger partial charge in [-0.3, -0.25) is 4.79 Å². The highest BCUT2D eigenvalue weighted by molar-refractivity contribution is 6.09. The Labute approximate surface area is 123 Å². The second-order valence-corrected chi connectivity index (χ2v) is 4.68. The quantitative estimate of drug-likeness (QED) is 0.840. The van der Waals surface area contributed by atoms with Gasteiger partial charge in [0, 0.05) is 26.0 Å². The van der Waals surface area contributed by atoms with Gasteiger partial charge < -0.3 is 20.7 Å². The number of aromatic nitrogens is 1. The van der Waals surface area contributed by atoms with Crippen molar-refractivity contribution in [3.8, 4) is 5.75 Å². The van der Waals surface area contributed by atoms with Crippen molar-refractivity contribution in [2.75, 3.05) is 37.2 Å². The van der Waals surface area contributed by atoms with Crippen LogP contribution in [0.2, 0.25) is 0 Å². The van der Waals surface area contributed by atoms with Gasteiger partial charge in [-0.05, 0) is 30.3 Å². The molecule has 110 valence electrons. The lowest BCUT2D eigenvalue weighted by atomic mass is 10.1. The second-order valence-electron chi connectivity index (χ2n) is 4.68. The first kappa shape index (κ1) is 14.6. The lowest BCUT2D eigenvalue weighted by molar-refractivity contribution is 0.102. The number of carbonyl (C=O) groups excluding carboxylic acids is 1. The fourth-order valence-electron chi connectivity index (χ4n) is 1.90. The monoisotopic (exact) mass is 286 g/mol. The van der Waals surface area contributed by atoms with Crippen molar-refractivity contribution < 1.29 is 9.53 Å². The van der Waals surface area contributed by atoms with Crippen LogP contribution in [0.25, 0.3) is 0 Å². The molecule has 0 atom stereocenters. The van der Waals surface area contributed by atoms with Crippen molar-refractivity contribution >= 4 is 23.1 Å². The Morgan fingerprint density at radius 1 is 1.33 bits per heavy atom. The Balaban J connectivity index is 2.30. The van der Waals surface area contributed by atoms with E-state index in [0.717, 1.165) is 0 Å². The molecule has 0 aliphatic carbocycles. The zero-order valence-electron chi connectivity index (χ0n) is 12.3. The van der Waals surface area contributed by atoms with Gasteiger partial charge in [-0.15, -0.1) is 0 Å². The summed E-state index contributed by atoms with van der Waals surface area (Å²) in [4.78, 5) is 18.4. The molecule has 2 rings (SSSR count). The number of benzene rings is 1. The highest BCUT2D eigenvalue weighted by Crippen LogP contribution is 2.24. The Morgan fingerprint density at radius 3 is 2.76 bits per heavy atom. The van der Waals surface area contributed by atoms with Crippen LogP contribution in [0.15, 0.2) is 36.5 Å². The maximum absolute atomic E-state index is 12.4. The fourth-order valence-corrected chi connectivity index (χ4v) is 1.90. The predicted octanol–water partition coefficient (Wildman–Crippen LogP) is 1.99. The number of amides is 1. The Hall–Kier alpha value is -2.76. The van der Waals surface area contributed by atoms with E-state index in [1.165, 1.54) is 0 Å². The average molecular weight is 286 g/mol. The summed E-state index contributed by atoms with van der Waals surface area (Å²) in [7, 11) is 5.26. The smallest absolute Gasteiger partial charge is 0.257 e. The third kappa shape index (κ3) is 3.22. The minimum Gasteiger partial charge on any atom is -0.497 e. The lowest BCUT2D eigenvalue weighted by Crippen LogP contribution is -2.18. The van der Waals surface area contributed by atoms with Crippen molar-refractivity contribution in [3.63, 3.8) is 0 Å². The van der Waals surface area contributed by atoms with Gasteiger partial charge in [0.2, 0.25) is 0 Å². The van der Waals surface area contributed by atoms with Crippen LogP contribution in [-0.4, -0.2) is 32.1 Å². The summed E-state index contributed by atoms with van der Waals surface area (Å²) in [6.07, 6.45) is 1.67. The SMILES string of the molecule is COc1ccc(N)c(C(=O)Nc2cccnc2N(C)C)c1. The summed E-state index contributed by atoms with van der Waals surface area (Å²) >= 11 is 0. The minimum absolute atomic E-state index is 0.303. The molecule has 1 aromatic heterocycles. The molecule has 0 saturated carbocycles. The fraction of sp³-hybridized carbons (Fsp3) is 0.200. The molecule has 0 aliphatic rings. The molecular weight excluding hydrogens is 268 g/mol. The van der Waals surface area contributed by atoms with Crippen molar-refractivity contribution in [1.82, 2.24) is 4.98 Å². The van der Waals surface area contributed by atoms with E-state index in [2.05, 4.69) is 10.3 Å². The van der Waals surface area contributed by atoms with Crippen LogP contribution in [-0.2, 0) is 0 Å². The Morgan fingerprint density at radius 2 is 2.10 bits per heavy atom. The summed E-state index contributed by atoms with van der Waals surface area (Å²) < 4.78 is 5.12. The molecule has 6 heteroatoms. The molecule has 1 heterocycles. The molecule has 3 N–H and O–H groups in total. The maximum Gasteiger partial charge on any atom is 0.257 e. The molecule has 0 unspecified atom stereocenters. The third-order valence-corrected chi connectivity index (χ3v) is 2.96. The van der Waals surface area contributed by atoms with Gasteiger partial charge in [-0.25, -0.2) is 4.98 Å². The number of nitrogens with one attached hydrogen (secondary N) is 1. The van der Waals surface area contributed by atoms with E-state index < -0.39 is 0 Å². The molecule has 0 bridgehead atoms. The molecule has 0 spiro atoms. The topological polar surface area (TPSA) is 80.5 Å². The number of hydrogen-bond donors (Lipinski definition) is 2. The van der Waals surface area contributed by atoms with Crippen LogP contribution in [0.1, 0.15) is 10.4 Å². The number of anilines is 3. The van der Waals surface area contributed by atoms with Crippen LogP contribution < -0.4 is 20.7 Å². The number of carbonyl (C=O) groups is 1. The minimum atomic E-state index is -0.303. The lowest BCUT2D eigenvalue weighted by Gasteiger charge is -2.16. The van der Waals surface area contributed by atoms with Crippen LogP contribution >= 0.6 is 0 Å². The first-order valence-corrected chi connectivity index (χ1v) is 6.40. The van der Waals surface area contributed by atoms with E-state index in [-0.39, 0.29) is 5.91 Å². The number of nitrogen functional groups attached to an aromatic ring is 1. The molecule has 1 aromatic carbocycles. The van der Waals surface area contributed by atoms with Gasteiger partial charge in [-0.2, -0.15) is 0 Å².